The highest BCUT2D eigenvalue weighted by molar-refractivity contribution is 6.30. The fraction of sp³-hybridized carbons (Fsp3) is 0.200. The summed E-state index contributed by atoms with van der Waals surface area (Å²) in [5.41, 5.74) is 3.17. The molecule has 3 aromatic rings. The van der Waals surface area contributed by atoms with Gasteiger partial charge < -0.3 is 15.4 Å². The van der Waals surface area contributed by atoms with Crippen LogP contribution < -0.4 is 15.4 Å². The maximum atomic E-state index is 6.00. The molecular weight excluding hydrogens is 348 g/mol. The predicted molar refractivity (Wildman–Crippen MR) is 107 cm³/mol. The van der Waals surface area contributed by atoms with Gasteiger partial charge in [0.2, 0.25) is 5.95 Å². The number of methoxy groups -OCH3 is 1. The minimum absolute atomic E-state index is 0.580. The number of aryl methyl sites for hydroxylation is 1. The zero-order valence-corrected chi connectivity index (χ0v) is 15.5. The van der Waals surface area contributed by atoms with Gasteiger partial charge >= 0.3 is 0 Å². The number of halogens is 1. The lowest BCUT2D eigenvalue weighted by Gasteiger charge is -2.11. The minimum Gasteiger partial charge on any atom is -0.496 e. The van der Waals surface area contributed by atoms with Crippen molar-refractivity contribution in [2.45, 2.75) is 13.3 Å². The quantitative estimate of drug-likeness (QED) is 0.624. The van der Waals surface area contributed by atoms with Gasteiger partial charge in [0.05, 0.1) is 7.11 Å². The van der Waals surface area contributed by atoms with E-state index in [4.69, 9.17) is 16.3 Å². The van der Waals surface area contributed by atoms with Crippen molar-refractivity contribution < 1.29 is 4.74 Å². The molecule has 3 rings (SSSR count). The molecule has 0 aliphatic carbocycles. The van der Waals surface area contributed by atoms with Crippen LogP contribution in [0, 0.1) is 6.92 Å². The molecule has 0 saturated carbocycles. The van der Waals surface area contributed by atoms with Crippen LogP contribution in [-0.4, -0.2) is 23.6 Å². The van der Waals surface area contributed by atoms with Crippen LogP contribution in [0.5, 0.6) is 5.75 Å². The standard InChI is InChI=1S/C20H21ClN4O/c1-14-13-16(21)7-8-17(14)24-19-10-12-23-20(25-19)22-11-9-15-5-3-4-6-18(15)26-2/h3-8,10,12-13H,9,11H2,1-2H3,(H2,22,23,24,25). The van der Waals surface area contributed by atoms with Gasteiger partial charge in [-0.2, -0.15) is 4.98 Å². The first kappa shape index (κ1) is 18.0. The molecule has 0 spiro atoms. The van der Waals surface area contributed by atoms with E-state index in [1.54, 1.807) is 13.3 Å². The minimum atomic E-state index is 0.580. The number of rotatable bonds is 7. The summed E-state index contributed by atoms with van der Waals surface area (Å²) in [5.74, 6) is 2.20. The largest absolute Gasteiger partial charge is 0.496 e. The van der Waals surface area contributed by atoms with Gasteiger partial charge in [0, 0.05) is 23.5 Å². The molecule has 2 aromatic carbocycles. The summed E-state index contributed by atoms with van der Waals surface area (Å²) in [5, 5.41) is 7.27. The molecule has 0 unspecified atom stereocenters. The van der Waals surface area contributed by atoms with E-state index in [1.807, 2.05) is 49.4 Å². The first-order chi connectivity index (χ1) is 12.7. The third kappa shape index (κ3) is 4.64. The Labute approximate surface area is 158 Å². The Kier molecular flexibility index (Phi) is 5.92. The SMILES string of the molecule is COc1ccccc1CCNc1nccc(Nc2ccc(Cl)cc2C)n1. The Morgan fingerprint density at radius 1 is 1.12 bits per heavy atom. The number of para-hydroxylation sites is 1. The third-order valence-corrected chi connectivity index (χ3v) is 4.21. The normalized spacial score (nSPS) is 10.4. The lowest BCUT2D eigenvalue weighted by Crippen LogP contribution is -2.09. The molecule has 5 nitrogen and oxygen atoms in total. The second kappa shape index (κ2) is 8.54. The molecule has 1 heterocycles. The van der Waals surface area contributed by atoms with E-state index in [9.17, 15) is 0 Å². The molecule has 0 atom stereocenters. The van der Waals surface area contributed by atoms with Gasteiger partial charge in [-0.3, -0.25) is 0 Å². The van der Waals surface area contributed by atoms with Gasteiger partial charge in [-0.15, -0.1) is 0 Å². The van der Waals surface area contributed by atoms with Crippen molar-refractivity contribution in [3.63, 3.8) is 0 Å². The number of aromatic nitrogens is 2. The highest BCUT2D eigenvalue weighted by Gasteiger charge is 2.04. The van der Waals surface area contributed by atoms with E-state index in [2.05, 4.69) is 26.7 Å². The summed E-state index contributed by atoms with van der Waals surface area (Å²) in [6.45, 7) is 2.71. The van der Waals surface area contributed by atoms with Gasteiger partial charge in [0.1, 0.15) is 11.6 Å². The van der Waals surface area contributed by atoms with Gasteiger partial charge in [0.15, 0.2) is 0 Å². The zero-order chi connectivity index (χ0) is 18.4. The van der Waals surface area contributed by atoms with E-state index in [0.717, 1.165) is 39.8 Å². The molecule has 0 aliphatic rings. The fourth-order valence-corrected chi connectivity index (χ4v) is 2.86. The summed E-state index contributed by atoms with van der Waals surface area (Å²) >= 11 is 6.00. The Balaban J connectivity index is 1.62. The monoisotopic (exact) mass is 368 g/mol. The summed E-state index contributed by atoms with van der Waals surface area (Å²) in [7, 11) is 1.68. The highest BCUT2D eigenvalue weighted by Crippen LogP contribution is 2.23. The van der Waals surface area contributed by atoms with E-state index in [1.165, 1.54) is 0 Å². The molecule has 26 heavy (non-hydrogen) atoms. The second-order valence-electron chi connectivity index (χ2n) is 5.84. The number of anilines is 3. The molecule has 1 aromatic heterocycles. The highest BCUT2D eigenvalue weighted by atomic mass is 35.5. The Hall–Kier alpha value is -2.79. The van der Waals surface area contributed by atoms with Crippen LogP contribution >= 0.6 is 11.6 Å². The fourth-order valence-electron chi connectivity index (χ4n) is 2.64. The number of hydrogen-bond donors (Lipinski definition) is 2. The smallest absolute Gasteiger partial charge is 0.224 e. The lowest BCUT2D eigenvalue weighted by molar-refractivity contribution is 0.410. The van der Waals surface area contributed by atoms with Crippen molar-refractivity contribution in [1.82, 2.24) is 9.97 Å². The summed E-state index contributed by atoms with van der Waals surface area (Å²) in [4.78, 5) is 8.78. The average Bonchev–Trinajstić information content (AvgIpc) is 2.65. The van der Waals surface area contributed by atoms with Crippen LogP contribution in [0.4, 0.5) is 17.5 Å². The van der Waals surface area contributed by atoms with Gasteiger partial charge in [0.25, 0.3) is 0 Å². The van der Waals surface area contributed by atoms with E-state index < -0.39 is 0 Å². The maximum absolute atomic E-state index is 6.00. The Morgan fingerprint density at radius 3 is 2.77 bits per heavy atom. The molecule has 0 aliphatic heterocycles. The Bertz CT molecular complexity index is 885. The molecule has 134 valence electrons. The molecule has 0 saturated heterocycles. The van der Waals surface area contributed by atoms with Gasteiger partial charge in [-0.1, -0.05) is 29.8 Å². The predicted octanol–water partition coefficient (Wildman–Crippen LogP) is 4.85. The number of benzene rings is 2. The van der Waals surface area contributed by atoms with E-state index in [-0.39, 0.29) is 0 Å². The van der Waals surface area contributed by atoms with Crippen molar-refractivity contribution in [1.29, 1.82) is 0 Å². The van der Waals surface area contributed by atoms with Crippen molar-refractivity contribution in [3.8, 4) is 5.75 Å². The first-order valence-electron chi connectivity index (χ1n) is 8.37. The topological polar surface area (TPSA) is 59.1 Å². The number of nitrogens with zero attached hydrogens (tertiary/aromatic N) is 2. The number of hydrogen-bond acceptors (Lipinski definition) is 5. The van der Waals surface area contributed by atoms with Gasteiger partial charge in [-0.25, -0.2) is 4.98 Å². The molecule has 0 amide bonds. The van der Waals surface area contributed by atoms with Crippen molar-refractivity contribution in [2.24, 2.45) is 0 Å². The molecule has 6 heteroatoms. The summed E-state index contributed by atoms with van der Waals surface area (Å²) in [6, 6.07) is 15.5. The molecular formula is C20H21ClN4O. The first-order valence-corrected chi connectivity index (χ1v) is 8.75. The summed E-state index contributed by atoms with van der Waals surface area (Å²) in [6.07, 6.45) is 2.55. The number of nitrogens with one attached hydrogen (secondary N) is 2. The van der Waals surface area contributed by atoms with Crippen molar-refractivity contribution >= 4 is 29.1 Å². The molecule has 0 radical (unpaired) electrons. The van der Waals surface area contributed by atoms with E-state index >= 15 is 0 Å². The van der Waals surface area contributed by atoms with Crippen LogP contribution in [0.2, 0.25) is 5.02 Å². The van der Waals surface area contributed by atoms with Gasteiger partial charge in [-0.05, 0) is 54.8 Å². The van der Waals surface area contributed by atoms with Crippen LogP contribution in [0.3, 0.4) is 0 Å². The average molecular weight is 369 g/mol. The number of ether oxygens (including phenoxy) is 1. The maximum Gasteiger partial charge on any atom is 0.224 e. The lowest BCUT2D eigenvalue weighted by atomic mass is 10.1. The molecule has 0 fully saturated rings. The van der Waals surface area contributed by atoms with Crippen LogP contribution in [0.25, 0.3) is 0 Å². The van der Waals surface area contributed by atoms with Crippen molar-refractivity contribution in [2.75, 3.05) is 24.3 Å². The molecule has 0 bridgehead atoms. The van der Waals surface area contributed by atoms with Crippen molar-refractivity contribution in [3.05, 3.63) is 70.9 Å². The third-order valence-electron chi connectivity index (χ3n) is 3.98. The van der Waals surface area contributed by atoms with Crippen LogP contribution in [0.15, 0.2) is 54.7 Å². The van der Waals surface area contributed by atoms with Crippen LogP contribution in [-0.2, 0) is 6.42 Å². The molecule has 2 N–H and O–H groups in total. The zero-order valence-electron chi connectivity index (χ0n) is 14.8. The van der Waals surface area contributed by atoms with Crippen LogP contribution in [0.1, 0.15) is 11.1 Å². The Morgan fingerprint density at radius 2 is 1.96 bits per heavy atom. The second-order valence-corrected chi connectivity index (χ2v) is 6.27. The van der Waals surface area contributed by atoms with E-state index in [0.29, 0.717) is 12.5 Å². The summed E-state index contributed by atoms with van der Waals surface area (Å²) < 4.78 is 5.37.